The van der Waals surface area contributed by atoms with Crippen LogP contribution in [0.1, 0.15) is 32.1 Å². The third-order valence-corrected chi connectivity index (χ3v) is 5.77. The second kappa shape index (κ2) is 10.1. The maximum absolute atomic E-state index is 12.7. The number of halogens is 5. The summed E-state index contributed by atoms with van der Waals surface area (Å²) in [7, 11) is 0. The van der Waals surface area contributed by atoms with Crippen LogP contribution < -0.4 is 15.4 Å². The molecule has 1 aromatic heterocycles. The molecule has 10 heteroatoms. The number of anilines is 3. The molecular weight excluding hydrogens is 476 g/mol. The lowest BCUT2D eigenvalue weighted by Crippen LogP contribution is -2.23. The summed E-state index contributed by atoms with van der Waals surface area (Å²) in [4.78, 5) is 9.12. The zero-order chi connectivity index (χ0) is 23.4. The Bertz CT molecular complexity index is 1120. The molecule has 1 aliphatic rings. The molecule has 0 aliphatic heterocycles. The highest BCUT2D eigenvalue weighted by atomic mass is 35.5. The van der Waals surface area contributed by atoms with Crippen LogP contribution in [0.25, 0.3) is 11.3 Å². The summed E-state index contributed by atoms with van der Waals surface area (Å²) in [5.41, 5.74) is 1.48. The van der Waals surface area contributed by atoms with Crippen LogP contribution in [0.2, 0.25) is 10.0 Å². The number of nitrogens with zero attached hydrogens (tertiary/aromatic N) is 2. The van der Waals surface area contributed by atoms with Crippen LogP contribution in [0.15, 0.2) is 48.5 Å². The average molecular weight is 497 g/mol. The van der Waals surface area contributed by atoms with Gasteiger partial charge in [-0.3, -0.25) is 0 Å². The Kier molecular flexibility index (Phi) is 7.14. The van der Waals surface area contributed by atoms with Gasteiger partial charge in [0.1, 0.15) is 11.6 Å². The number of rotatable bonds is 6. The molecule has 1 heterocycles. The minimum Gasteiger partial charge on any atom is -0.406 e. The van der Waals surface area contributed by atoms with Crippen LogP contribution >= 0.6 is 23.2 Å². The number of aromatic nitrogens is 2. The van der Waals surface area contributed by atoms with Gasteiger partial charge in [-0.2, -0.15) is 4.98 Å². The predicted octanol–water partition coefficient (Wildman–Crippen LogP) is 7.84. The molecule has 2 aromatic carbocycles. The SMILES string of the molecule is FC(F)(F)Oc1cccc(-c2cc(Nc3ccc(Cl)cc3Cl)nc(NC3CCCCC3)n2)c1. The van der Waals surface area contributed by atoms with E-state index in [-0.39, 0.29) is 11.8 Å². The monoisotopic (exact) mass is 496 g/mol. The molecule has 5 nitrogen and oxygen atoms in total. The first kappa shape index (κ1) is 23.4. The average Bonchev–Trinajstić information content (AvgIpc) is 2.75. The summed E-state index contributed by atoms with van der Waals surface area (Å²) in [6.07, 6.45) is 0.685. The number of hydrogen-bond donors (Lipinski definition) is 2. The summed E-state index contributed by atoms with van der Waals surface area (Å²) in [5, 5.41) is 7.42. The Morgan fingerprint density at radius 3 is 2.45 bits per heavy atom. The van der Waals surface area contributed by atoms with Gasteiger partial charge in [-0.25, -0.2) is 4.98 Å². The molecule has 2 N–H and O–H groups in total. The van der Waals surface area contributed by atoms with Crippen LogP contribution in [-0.4, -0.2) is 22.4 Å². The lowest BCUT2D eigenvalue weighted by atomic mass is 9.96. The molecule has 1 aliphatic carbocycles. The van der Waals surface area contributed by atoms with Gasteiger partial charge in [-0.1, -0.05) is 54.6 Å². The zero-order valence-corrected chi connectivity index (χ0v) is 18.9. The predicted molar refractivity (Wildman–Crippen MR) is 124 cm³/mol. The van der Waals surface area contributed by atoms with Crippen molar-refractivity contribution in [2.45, 2.75) is 44.5 Å². The van der Waals surface area contributed by atoms with E-state index in [1.807, 2.05) is 0 Å². The van der Waals surface area contributed by atoms with Crippen LogP contribution in [0, 0.1) is 0 Å². The Hall–Kier alpha value is -2.71. The van der Waals surface area contributed by atoms with Crippen LogP contribution in [0.3, 0.4) is 0 Å². The summed E-state index contributed by atoms with van der Waals surface area (Å²) in [5.74, 6) is 0.495. The maximum Gasteiger partial charge on any atom is 0.573 e. The highest BCUT2D eigenvalue weighted by molar-refractivity contribution is 6.36. The minimum atomic E-state index is -4.78. The molecule has 0 bridgehead atoms. The van der Waals surface area contributed by atoms with E-state index in [0.29, 0.717) is 38.8 Å². The topological polar surface area (TPSA) is 59.1 Å². The van der Waals surface area contributed by atoms with Crippen molar-refractivity contribution in [2.24, 2.45) is 0 Å². The van der Waals surface area contributed by atoms with E-state index in [9.17, 15) is 13.2 Å². The van der Waals surface area contributed by atoms with E-state index in [0.717, 1.165) is 25.7 Å². The van der Waals surface area contributed by atoms with Gasteiger partial charge in [0.25, 0.3) is 0 Å². The van der Waals surface area contributed by atoms with Crippen molar-refractivity contribution in [3.63, 3.8) is 0 Å². The fourth-order valence-corrected chi connectivity index (χ4v) is 4.19. The van der Waals surface area contributed by atoms with Crippen LogP contribution in [0.5, 0.6) is 5.75 Å². The molecule has 4 rings (SSSR count). The van der Waals surface area contributed by atoms with Gasteiger partial charge in [0, 0.05) is 22.7 Å². The van der Waals surface area contributed by atoms with Gasteiger partial charge < -0.3 is 15.4 Å². The molecule has 33 heavy (non-hydrogen) atoms. The Morgan fingerprint density at radius 2 is 1.73 bits per heavy atom. The van der Waals surface area contributed by atoms with E-state index in [2.05, 4.69) is 25.3 Å². The number of alkyl halides is 3. The third kappa shape index (κ3) is 6.65. The van der Waals surface area contributed by atoms with Crippen molar-refractivity contribution in [2.75, 3.05) is 10.6 Å². The number of ether oxygens (including phenoxy) is 1. The first-order chi connectivity index (χ1) is 15.7. The number of hydrogen-bond acceptors (Lipinski definition) is 5. The first-order valence-electron chi connectivity index (χ1n) is 10.5. The molecule has 174 valence electrons. The molecule has 0 unspecified atom stereocenters. The molecular formula is C23H21Cl2F3N4O. The zero-order valence-electron chi connectivity index (χ0n) is 17.4. The smallest absolute Gasteiger partial charge is 0.406 e. The largest absolute Gasteiger partial charge is 0.573 e. The van der Waals surface area contributed by atoms with Crippen LogP contribution in [0.4, 0.5) is 30.6 Å². The summed E-state index contributed by atoms with van der Waals surface area (Å²) in [6.45, 7) is 0. The molecule has 1 fully saturated rings. The molecule has 1 saturated carbocycles. The standard InChI is InChI=1S/C23H21Cl2F3N4O/c24-15-9-10-19(18(25)12-15)30-21-13-20(14-5-4-8-17(11-14)33-23(26,27)28)31-22(32-21)29-16-6-2-1-3-7-16/h4-5,8-13,16H,1-3,6-7H2,(H2,29,30,31,32). The quantitative estimate of drug-likeness (QED) is 0.363. The molecule has 3 aromatic rings. The summed E-state index contributed by atoms with van der Waals surface area (Å²) >= 11 is 12.3. The molecule has 0 radical (unpaired) electrons. The summed E-state index contributed by atoms with van der Waals surface area (Å²) in [6, 6.07) is 12.6. The van der Waals surface area contributed by atoms with Gasteiger partial charge in [0.15, 0.2) is 0 Å². The van der Waals surface area contributed by atoms with Gasteiger partial charge in [0.05, 0.1) is 16.4 Å². The van der Waals surface area contributed by atoms with Gasteiger partial charge in [-0.05, 0) is 43.2 Å². The minimum absolute atomic E-state index is 0.237. The van der Waals surface area contributed by atoms with E-state index in [1.54, 1.807) is 30.3 Å². The fourth-order valence-electron chi connectivity index (χ4n) is 3.73. The Balaban J connectivity index is 1.68. The van der Waals surface area contributed by atoms with Crippen LogP contribution in [-0.2, 0) is 0 Å². The van der Waals surface area contributed by atoms with E-state index >= 15 is 0 Å². The van der Waals surface area contributed by atoms with Crippen molar-refractivity contribution in [3.05, 3.63) is 58.6 Å². The van der Waals surface area contributed by atoms with Crippen molar-refractivity contribution in [1.29, 1.82) is 0 Å². The number of benzene rings is 2. The normalized spacial score (nSPS) is 14.7. The van der Waals surface area contributed by atoms with Crippen molar-refractivity contribution < 1.29 is 17.9 Å². The second-order valence-corrected chi connectivity index (χ2v) is 8.61. The Morgan fingerprint density at radius 1 is 0.939 bits per heavy atom. The summed E-state index contributed by atoms with van der Waals surface area (Å²) < 4.78 is 42.1. The van der Waals surface area contributed by atoms with Crippen molar-refractivity contribution in [3.8, 4) is 17.0 Å². The van der Waals surface area contributed by atoms with Crippen molar-refractivity contribution >= 4 is 40.7 Å². The second-order valence-electron chi connectivity index (χ2n) is 7.77. The molecule has 0 amide bonds. The fraction of sp³-hybridized carbons (Fsp3) is 0.304. The van der Waals surface area contributed by atoms with Crippen molar-refractivity contribution in [1.82, 2.24) is 9.97 Å². The maximum atomic E-state index is 12.7. The lowest BCUT2D eigenvalue weighted by molar-refractivity contribution is -0.274. The number of nitrogens with one attached hydrogen (secondary N) is 2. The highest BCUT2D eigenvalue weighted by Crippen LogP contribution is 2.32. The molecule has 0 spiro atoms. The Labute approximate surface area is 199 Å². The molecule has 0 saturated heterocycles. The molecule has 0 atom stereocenters. The highest BCUT2D eigenvalue weighted by Gasteiger charge is 2.31. The van der Waals surface area contributed by atoms with E-state index in [1.165, 1.54) is 24.6 Å². The van der Waals surface area contributed by atoms with Gasteiger partial charge in [-0.15, -0.1) is 13.2 Å². The van der Waals surface area contributed by atoms with E-state index < -0.39 is 6.36 Å². The van der Waals surface area contributed by atoms with E-state index in [4.69, 9.17) is 23.2 Å². The van der Waals surface area contributed by atoms with Gasteiger partial charge in [0.2, 0.25) is 5.95 Å². The third-order valence-electron chi connectivity index (χ3n) is 5.22. The van der Waals surface area contributed by atoms with Gasteiger partial charge >= 0.3 is 6.36 Å². The first-order valence-corrected chi connectivity index (χ1v) is 11.2. The lowest BCUT2D eigenvalue weighted by Gasteiger charge is -2.23.